The molecular weight excluding hydrogens is 144 g/mol. The fourth-order valence-corrected chi connectivity index (χ4v) is 1.13. The highest BCUT2D eigenvalue weighted by Crippen LogP contribution is 2.28. The minimum atomic E-state index is -0.970. The Bertz CT molecular complexity index is 239. The van der Waals surface area contributed by atoms with Crippen LogP contribution in [0.25, 0.3) is 0 Å². The number of carbonyl (C=O) groups excluding carboxylic acids is 1. The first kappa shape index (κ1) is 7.93. The Morgan fingerprint density at radius 2 is 2.55 bits per heavy atom. The minimum Gasteiger partial charge on any atom is -0.375 e. The van der Waals surface area contributed by atoms with Gasteiger partial charge >= 0.3 is 0 Å². The maximum absolute atomic E-state index is 9.97. The summed E-state index contributed by atoms with van der Waals surface area (Å²) in [6.07, 6.45) is 1.59. The Morgan fingerprint density at radius 3 is 2.91 bits per heavy atom. The molecule has 0 aromatic rings. The molecule has 0 radical (unpaired) electrons. The summed E-state index contributed by atoms with van der Waals surface area (Å²) in [5.41, 5.74) is -0.970. The lowest BCUT2D eigenvalue weighted by molar-refractivity contribution is 0.108. The van der Waals surface area contributed by atoms with Gasteiger partial charge in [-0.2, -0.15) is 10.3 Å². The Labute approximate surface area is 64.5 Å². The molecule has 1 heterocycles. The lowest BCUT2D eigenvalue weighted by Gasteiger charge is -2.15. The molecular formula is C7H8N2O2. The first-order chi connectivity index (χ1) is 5.25. The summed E-state index contributed by atoms with van der Waals surface area (Å²) in [6.45, 7) is 2.22. The van der Waals surface area contributed by atoms with Crippen molar-refractivity contribution in [3.05, 3.63) is 0 Å². The van der Waals surface area contributed by atoms with Crippen molar-refractivity contribution in [2.24, 2.45) is 4.99 Å². The average molecular weight is 152 g/mol. The largest absolute Gasteiger partial charge is 0.375 e. The Kier molecular flexibility index (Phi) is 2.04. The highest BCUT2D eigenvalue weighted by molar-refractivity contribution is 5.38. The Morgan fingerprint density at radius 1 is 1.82 bits per heavy atom. The van der Waals surface area contributed by atoms with Gasteiger partial charge in [-0.25, -0.2) is 4.79 Å². The molecule has 0 saturated carbocycles. The van der Waals surface area contributed by atoms with Gasteiger partial charge in [-0.15, -0.1) is 0 Å². The number of hydrogen-bond donors (Lipinski definition) is 0. The molecule has 1 saturated heterocycles. The molecule has 1 aliphatic heterocycles. The summed E-state index contributed by atoms with van der Waals surface area (Å²) in [7, 11) is 0. The molecule has 1 fully saturated rings. The number of aliphatic imine (C=N–C) groups is 1. The molecule has 2 unspecified atom stereocenters. The van der Waals surface area contributed by atoms with Crippen molar-refractivity contribution in [2.45, 2.75) is 25.0 Å². The van der Waals surface area contributed by atoms with Crippen LogP contribution in [0.1, 0.15) is 13.3 Å². The van der Waals surface area contributed by atoms with Crippen LogP contribution in [0.15, 0.2) is 4.99 Å². The van der Waals surface area contributed by atoms with Crippen molar-refractivity contribution < 1.29 is 9.53 Å². The van der Waals surface area contributed by atoms with E-state index in [0.717, 1.165) is 0 Å². The molecule has 11 heavy (non-hydrogen) atoms. The third kappa shape index (κ3) is 1.16. The van der Waals surface area contributed by atoms with Gasteiger partial charge in [0.1, 0.15) is 0 Å². The topological polar surface area (TPSA) is 62.4 Å². The lowest BCUT2D eigenvalue weighted by Crippen LogP contribution is -2.32. The highest BCUT2D eigenvalue weighted by Gasteiger charge is 2.42. The zero-order valence-corrected chi connectivity index (χ0v) is 6.20. The molecule has 1 aliphatic rings. The molecule has 4 heteroatoms. The van der Waals surface area contributed by atoms with Crippen LogP contribution in [-0.2, 0) is 9.53 Å². The van der Waals surface area contributed by atoms with Gasteiger partial charge in [0.05, 0.1) is 18.8 Å². The van der Waals surface area contributed by atoms with Crippen LogP contribution in [-0.4, -0.2) is 24.3 Å². The summed E-state index contributed by atoms with van der Waals surface area (Å²) in [5, 5.41) is 8.72. The van der Waals surface area contributed by atoms with Crippen LogP contribution in [0.3, 0.4) is 0 Å². The normalized spacial score (nSPS) is 35.8. The molecule has 0 spiro atoms. The summed E-state index contributed by atoms with van der Waals surface area (Å²) in [6, 6.07) is 1.97. The minimum absolute atomic E-state index is 0.297. The molecule has 4 nitrogen and oxygen atoms in total. The van der Waals surface area contributed by atoms with E-state index in [9.17, 15) is 4.79 Å². The second-order valence-electron chi connectivity index (χ2n) is 2.50. The van der Waals surface area contributed by atoms with Crippen molar-refractivity contribution in [3.63, 3.8) is 0 Å². The molecule has 0 bridgehead atoms. The zero-order valence-electron chi connectivity index (χ0n) is 6.20. The van der Waals surface area contributed by atoms with Crippen molar-refractivity contribution in [1.29, 1.82) is 5.26 Å². The molecule has 0 aromatic heterocycles. The number of hydrogen-bond acceptors (Lipinski definition) is 4. The van der Waals surface area contributed by atoms with Gasteiger partial charge in [0.15, 0.2) is 5.54 Å². The van der Waals surface area contributed by atoms with Gasteiger partial charge in [-0.05, 0) is 6.92 Å². The van der Waals surface area contributed by atoms with E-state index in [2.05, 4.69) is 4.99 Å². The van der Waals surface area contributed by atoms with Gasteiger partial charge in [0.2, 0.25) is 6.08 Å². The summed E-state index contributed by atoms with van der Waals surface area (Å²) in [5.74, 6) is 0. The van der Waals surface area contributed by atoms with E-state index in [4.69, 9.17) is 10.00 Å². The third-order valence-electron chi connectivity index (χ3n) is 1.96. The van der Waals surface area contributed by atoms with Crippen LogP contribution in [0.4, 0.5) is 0 Å². The van der Waals surface area contributed by atoms with Crippen LogP contribution in [0.2, 0.25) is 0 Å². The van der Waals surface area contributed by atoms with Crippen LogP contribution >= 0.6 is 0 Å². The number of isocyanates is 1. The van der Waals surface area contributed by atoms with Crippen molar-refractivity contribution in [3.8, 4) is 6.07 Å². The predicted octanol–water partition coefficient (Wildman–Crippen LogP) is 0.393. The molecule has 0 amide bonds. The lowest BCUT2D eigenvalue weighted by atomic mass is 9.95. The van der Waals surface area contributed by atoms with E-state index >= 15 is 0 Å². The number of nitrogens with zero attached hydrogens (tertiary/aromatic N) is 2. The van der Waals surface area contributed by atoms with Gasteiger partial charge in [-0.1, -0.05) is 0 Å². The second-order valence-corrected chi connectivity index (χ2v) is 2.50. The van der Waals surface area contributed by atoms with Crippen LogP contribution < -0.4 is 0 Å². The molecule has 2 atom stereocenters. The fraction of sp³-hybridized carbons (Fsp3) is 0.714. The molecule has 0 aromatic carbocycles. The van der Waals surface area contributed by atoms with E-state index in [-0.39, 0.29) is 6.10 Å². The first-order valence-corrected chi connectivity index (χ1v) is 3.37. The van der Waals surface area contributed by atoms with Crippen LogP contribution in [0, 0.1) is 11.3 Å². The molecule has 58 valence electrons. The van der Waals surface area contributed by atoms with E-state index < -0.39 is 5.54 Å². The summed E-state index contributed by atoms with van der Waals surface area (Å²) >= 11 is 0. The van der Waals surface area contributed by atoms with Gasteiger partial charge in [-0.3, -0.25) is 0 Å². The van der Waals surface area contributed by atoms with Crippen molar-refractivity contribution in [2.75, 3.05) is 6.61 Å². The number of ether oxygens (including phenoxy) is 1. The van der Waals surface area contributed by atoms with E-state index in [1.165, 1.54) is 6.08 Å². The summed E-state index contributed by atoms with van der Waals surface area (Å²) in [4.78, 5) is 13.4. The molecule has 0 N–H and O–H groups in total. The maximum Gasteiger partial charge on any atom is 0.236 e. The Balaban J connectivity index is 2.92. The van der Waals surface area contributed by atoms with Crippen LogP contribution in [0.5, 0.6) is 0 Å². The monoisotopic (exact) mass is 152 g/mol. The predicted molar refractivity (Wildman–Crippen MR) is 36.5 cm³/mol. The number of nitriles is 1. The van der Waals surface area contributed by atoms with Gasteiger partial charge < -0.3 is 4.74 Å². The van der Waals surface area contributed by atoms with Gasteiger partial charge in [0, 0.05) is 6.42 Å². The highest BCUT2D eigenvalue weighted by atomic mass is 16.5. The standard InChI is InChI=1S/C7H8N2O2/c1-6-7(4-8,9-5-10)2-3-11-6/h6H,2-3H2,1H3. The third-order valence-corrected chi connectivity index (χ3v) is 1.96. The quantitative estimate of drug-likeness (QED) is 0.403. The SMILES string of the molecule is CC1OCCC1(C#N)N=C=O. The zero-order chi connectivity index (χ0) is 8.32. The fourth-order valence-electron chi connectivity index (χ4n) is 1.13. The molecule has 1 rings (SSSR count). The average Bonchev–Trinajstić information content (AvgIpc) is 2.35. The number of rotatable bonds is 1. The molecule has 0 aliphatic carbocycles. The van der Waals surface area contributed by atoms with E-state index in [1.54, 1.807) is 6.92 Å². The Hall–Kier alpha value is -1.17. The maximum atomic E-state index is 9.97. The summed E-state index contributed by atoms with van der Waals surface area (Å²) < 4.78 is 5.12. The van der Waals surface area contributed by atoms with Crippen molar-refractivity contribution >= 4 is 6.08 Å². The smallest absolute Gasteiger partial charge is 0.236 e. The van der Waals surface area contributed by atoms with Crippen molar-refractivity contribution in [1.82, 2.24) is 0 Å². The van der Waals surface area contributed by atoms with E-state index in [1.807, 2.05) is 6.07 Å². The first-order valence-electron chi connectivity index (χ1n) is 3.37. The second kappa shape index (κ2) is 2.83. The van der Waals surface area contributed by atoms with E-state index in [0.29, 0.717) is 13.0 Å². The van der Waals surface area contributed by atoms with Gasteiger partial charge in [0.25, 0.3) is 0 Å².